The summed E-state index contributed by atoms with van der Waals surface area (Å²) in [6.07, 6.45) is -0.362. The Bertz CT molecular complexity index is 838. The van der Waals surface area contributed by atoms with Crippen LogP contribution in [-0.4, -0.2) is 28.7 Å². The number of imidazole rings is 1. The third-order valence-corrected chi connectivity index (χ3v) is 5.55. The molecule has 0 bridgehead atoms. The normalized spacial score (nSPS) is 13.2. The van der Waals surface area contributed by atoms with Gasteiger partial charge in [0.15, 0.2) is 13.1 Å². The van der Waals surface area contributed by atoms with Crippen LogP contribution in [0.3, 0.4) is 0 Å². The van der Waals surface area contributed by atoms with Crippen LogP contribution in [0.4, 0.5) is 0 Å². The van der Waals surface area contributed by atoms with Crippen molar-refractivity contribution in [1.82, 2.24) is 9.13 Å². The number of hydrogen-bond acceptors (Lipinski definition) is 3. The zero-order valence-corrected chi connectivity index (χ0v) is 18.6. The lowest BCUT2D eigenvalue weighted by molar-refractivity contribution is 0.213. The van der Waals surface area contributed by atoms with E-state index in [1.807, 2.05) is 48.7 Å². The summed E-state index contributed by atoms with van der Waals surface area (Å²) in [5.74, 6) is 0.237. The fraction of sp³-hybridized carbons (Fsp3) is 0.421. The van der Waals surface area contributed by atoms with Crippen LogP contribution < -0.4 is 0 Å². The standard InChI is InChI=1S/C19H27ClN2O2SSi/c1-13(2)17-18(23)22(15-10-8-7-9-11-15)19(25)21(17)12-16(14(3)20)24-26(4,5)6/h7-11,13,16,23H,3,12H2,1-2,4-6H3. The zero-order chi connectivity index (χ0) is 19.6. The lowest BCUT2D eigenvalue weighted by Crippen LogP contribution is -2.35. The fourth-order valence-electron chi connectivity index (χ4n) is 2.90. The Kier molecular flexibility index (Phi) is 6.55. The molecule has 0 fully saturated rings. The van der Waals surface area contributed by atoms with Crippen LogP contribution in [-0.2, 0) is 11.0 Å². The van der Waals surface area contributed by atoms with Gasteiger partial charge in [-0.2, -0.15) is 0 Å². The van der Waals surface area contributed by atoms with E-state index >= 15 is 0 Å². The van der Waals surface area contributed by atoms with Crippen molar-refractivity contribution >= 4 is 32.1 Å². The second-order valence-corrected chi connectivity index (χ2v) is 12.9. The van der Waals surface area contributed by atoms with Crippen molar-refractivity contribution in [3.8, 4) is 11.6 Å². The molecule has 0 aliphatic carbocycles. The first-order chi connectivity index (χ1) is 12.0. The first kappa shape index (κ1) is 21.0. The van der Waals surface area contributed by atoms with Gasteiger partial charge in [-0.05, 0) is 49.9 Å². The van der Waals surface area contributed by atoms with E-state index in [0.29, 0.717) is 16.3 Å². The van der Waals surface area contributed by atoms with Crippen LogP contribution in [0.15, 0.2) is 41.9 Å². The SMILES string of the molecule is C=C(Cl)C(Cn1c(C(C)C)c(O)n(-c2ccccc2)c1=S)O[Si](C)(C)C. The Morgan fingerprint density at radius 3 is 2.31 bits per heavy atom. The number of halogens is 1. The Labute approximate surface area is 166 Å². The molecule has 1 aromatic heterocycles. The number of rotatable bonds is 7. The van der Waals surface area contributed by atoms with Gasteiger partial charge in [0.25, 0.3) is 0 Å². The summed E-state index contributed by atoms with van der Waals surface area (Å²) in [4.78, 5) is 0. The lowest BCUT2D eigenvalue weighted by Gasteiger charge is -2.27. The largest absolute Gasteiger partial charge is 0.493 e. The van der Waals surface area contributed by atoms with Crippen molar-refractivity contribution in [2.45, 2.75) is 52.1 Å². The van der Waals surface area contributed by atoms with Crippen LogP contribution in [0, 0.1) is 4.77 Å². The van der Waals surface area contributed by atoms with Crippen molar-refractivity contribution < 1.29 is 9.53 Å². The van der Waals surface area contributed by atoms with E-state index in [-0.39, 0.29) is 17.9 Å². The highest BCUT2D eigenvalue weighted by molar-refractivity contribution is 7.71. The molecule has 1 heterocycles. The number of aromatic hydroxyl groups is 1. The van der Waals surface area contributed by atoms with E-state index in [0.717, 1.165) is 11.4 Å². The van der Waals surface area contributed by atoms with E-state index < -0.39 is 8.32 Å². The molecule has 1 atom stereocenters. The summed E-state index contributed by atoms with van der Waals surface area (Å²) in [6.45, 7) is 14.7. The zero-order valence-electron chi connectivity index (χ0n) is 16.0. The molecule has 4 nitrogen and oxygen atoms in total. The molecule has 2 rings (SSSR count). The third kappa shape index (κ3) is 4.68. The maximum absolute atomic E-state index is 10.9. The van der Waals surface area contributed by atoms with Gasteiger partial charge in [0, 0.05) is 5.03 Å². The lowest BCUT2D eigenvalue weighted by atomic mass is 10.1. The molecular formula is C19H27ClN2O2SSi. The molecule has 0 radical (unpaired) electrons. The number of aromatic nitrogens is 2. The topological polar surface area (TPSA) is 39.3 Å². The quantitative estimate of drug-likeness (QED) is 0.462. The molecule has 26 heavy (non-hydrogen) atoms. The van der Waals surface area contributed by atoms with Crippen molar-refractivity contribution in [2.24, 2.45) is 0 Å². The van der Waals surface area contributed by atoms with Gasteiger partial charge in [0.1, 0.15) is 0 Å². The van der Waals surface area contributed by atoms with E-state index in [9.17, 15) is 5.11 Å². The predicted octanol–water partition coefficient (Wildman–Crippen LogP) is 5.81. The van der Waals surface area contributed by atoms with E-state index in [4.69, 9.17) is 28.2 Å². The van der Waals surface area contributed by atoms with E-state index in [1.54, 1.807) is 4.57 Å². The summed E-state index contributed by atoms with van der Waals surface area (Å²) in [5, 5.41) is 11.3. The number of para-hydroxylation sites is 1. The highest BCUT2D eigenvalue weighted by Crippen LogP contribution is 2.32. The fourth-order valence-corrected chi connectivity index (χ4v) is 4.52. The Morgan fingerprint density at radius 2 is 1.85 bits per heavy atom. The van der Waals surface area contributed by atoms with Crippen LogP contribution in [0.1, 0.15) is 25.5 Å². The van der Waals surface area contributed by atoms with E-state index in [2.05, 4.69) is 26.2 Å². The average molecular weight is 411 g/mol. The Hall–Kier alpha value is -1.34. The summed E-state index contributed by atoms with van der Waals surface area (Å²) in [6, 6.07) is 9.60. The van der Waals surface area contributed by atoms with Crippen LogP contribution in [0.5, 0.6) is 5.88 Å². The number of benzene rings is 1. The Balaban J connectivity index is 2.58. The Morgan fingerprint density at radius 1 is 1.27 bits per heavy atom. The molecule has 2 aromatic rings. The van der Waals surface area contributed by atoms with E-state index in [1.165, 1.54) is 0 Å². The van der Waals surface area contributed by atoms with Crippen LogP contribution >= 0.6 is 23.8 Å². The minimum atomic E-state index is -1.83. The van der Waals surface area contributed by atoms with Gasteiger partial charge >= 0.3 is 0 Å². The van der Waals surface area contributed by atoms with Crippen molar-refractivity contribution in [3.05, 3.63) is 52.4 Å². The molecule has 0 aliphatic heterocycles. The molecular weight excluding hydrogens is 384 g/mol. The van der Waals surface area contributed by atoms with Crippen molar-refractivity contribution in [3.63, 3.8) is 0 Å². The van der Waals surface area contributed by atoms with Gasteiger partial charge in [-0.1, -0.05) is 50.2 Å². The third-order valence-electron chi connectivity index (χ3n) is 3.91. The molecule has 7 heteroatoms. The van der Waals surface area contributed by atoms with Gasteiger partial charge in [-0.15, -0.1) is 0 Å². The van der Waals surface area contributed by atoms with Gasteiger partial charge < -0.3 is 14.1 Å². The maximum Gasteiger partial charge on any atom is 0.218 e. The first-order valence-corrected chi connectivity index (χ1v) is 12.8. The summed E-state index contributed by atoms with van der Waals surface area (Å²) in [7, 11) is -1.83. The highest BCUT2D eigenvalue weighted by Gasteiger charge is 2.27. The number of hydrogen-bond donors (Lipinski definition) is 1. The molecule has 0 saturated carbocycles. The van der Waals surface area contributed by atoms with Crippen LogP contribution in [0.2, 0.25) is 19.6 Å². The van der Waals surface area contributed by atoms with Gasteiger partial charge in [-0.25, -0.2) is 0 Å². The molecule has 1 unspecified atom stereocenters. The minimum absolute atomic E-state index is 0.0813. The number of nitrogens with zero attached hydrogens (tertiary/aromatic N) is 2. The van der Waals surface area contributed by atoms with Crippen LogP contribution in [0.25, 0.3) is 5.69 Å². The molecule has 1 N–H and O–H groups in total. The second kappa shape index (κ2) is 8.13. The molecule has 142 valence electrons. The smallest absolute Gasteiger partial charge is 0.218 e. The average Bonchev–Trinajstić information content (AvgIpc) is 2.77. The summed E-state index contributed by atoms with van der Waals surface area (Å²) in [5.41, 5.74) is 1.59. The van der Waals surface area contributed by atoms with Gasteiger partial charge in [-0.3, -0.25) is 4.57 Å². The summed E-state index contributed by atoms with van der Waals surface area (Å²) < 4.78 is 10.3. The van der Waals surface area contributed by atoms with Gasteiger partial charge in [0.2, 0.25) is 5.88 Å². The van der Waals surface area contributed by atoms with Crippen molar-refractivity contribution in [2.75, 3.05) is 0 Å². The second-order valence-electron chi connectivity index (χ2n) is 7.59. The summed E-state index contributed by atoms with van der Waals surface area (Å²) >= 11 is 11.9. The van der Waals surface area contributed by atoms with Crippen molar-refractivity contribution in [1.29, 1.82) is 0 Å². The predicted molar refractivity (Wildman–Crippen MR) is 114 cm³/mol. The molecule has 0 spiro atoms. The molecule has 1 aromatic carbocycles. The molecule has 0 amide bonds. The van der Waals surface area contributed by atoms with Gasteiger partial charge in [0.05, 0.1) is 24.0 Å². The molecule has 0 aliphatic rings. The monoisotopic (exact) mass is 410 g/mol. The highest BCUT2D eigenvalue weighted by atomic mass is 35.5. The first-order valence-electron chi connectivity index (χ1n) is 8.65. The minimum Gasteiger partial charge on any atom is -0.493 e. The maximum atomic E-state index is 10.9. The molecule has 0 saturated heterocycles.